The maximum Gasteiger partial charge on any atom is 0.404 e. The molecule has 0 aliphatic carbocycles. The molecule has 0 aromatic carbocycles. The maximum atomic E-state index is 10.5. The topological polar surface area (TPSA) is 91.5 Å². The van der Waals surface area contributed by atoms with Gasteiger partial charge in [-0.05, 0) is 18.9 Å². The number of hydrogen-bond acceptors (Lipinski definition) is 4. The molecule has 0 bridgehead atoms. The van der Waals surface area contributed by atoms with Crippen LogP contribution in [0.15, 0.2) is 18.5 Å². The Hall–Kier alpha value is -1.98. The van der Waals surface area contributed by atoms with Gasteiger partial charge in [-0.2, -0.15) is 0 Å². The summed E-state index contributed by atoms with van der Waals surface area (Å²) in [5.74, 6) is 0. The summed E-state index contributed by atoms with van der Waals surface area (Å²) in [6.45, 7) is 1.61. The number of carboxylic acid groups (broad SMARTS) is 1. The van der Waals surface area contributed by atoms with E-state index in [1.807, 2.05) is 6.07 Å². The Morgan fingerprint density at radius 3 is 2.82 bits per heavy atom. The van der Waals surface area contributed by atoms with Gasteiger partial charge in [-0.25, -0.2) is 4.79 Å². The van der Waals surface area contributed by atoms with Gasteiger partial charge in [0, 0.05) is 25.3 Å². The molecular weight excluding hydrogens is 220 g/mol. The van der Waals surface area contributed by atoms with E-state index in [0.29, 0.717) is 5.69 Å². The van der Waals surface area contributed by atoms with Crippen LogP contribution in [0.3, 0.4) is 0 Å². The molecule has 4 N–H and O–H groups in total. The van der Waals surface area contributed by atoms with Gasteiger partial charge in [0.15, 0.2) is 0 Å². The smallest absolute Gasteiger partial charge is 0.404 e. The van der Waals surface area contributed by atoms with Crippen molar-refractivity contribution in [1.29, 1.82) is 0 Å². The van der Waals surface area contributed by atoms with Gasteiger partial charge in [0.25, 0.3) is 0 Å². The number of rotatable bonds is 2. The fourth-order valence-electron chi connectivity index (χ4n) is 2.13. The van der Waals surface area contributed by atoms with Crippen molar-refractivity contribution in [3.8, 4) is 0 Å². The van der Waals surface area contributed by atoms with Crippen molar-refractivity contribution in [2.45, 2.75) is 18.9 Å². The average Bonchev–Trinajstić information content (AvgIpc) is 2.30. The monoisotopic (exact) mass is 236 g/mol. The second kappa shape index (κ2) is 4.90. The number of piperidine rings is 1. The minimum Gasteiger partial charge on any atom is -0.465 e. The Kier molecular flexibility index (Phi) is 3.32. The van der Waals surface area contributed by atoms with Crippen molar-refractivity contribution in [2.24, 2.45) is 0 Å². The molecule has 17 heavy (non-hydrogen) atoms. The number of pyridine rings is 1. The fourth-order valence-corrected chi connectivity index (χ4v) is 2.13. The van der Waals surface area contributed by atoms with Crippen LogP contribution >= 0.6 is 0 Å². The Labute approximate surface area is 99.4 Å². The summed E-state index contributed by atoms with van der Waals surface area (Å²) in [4.78, 5) is 16.6. The highest BCUT2D eigenvalue weighted by atomic mass is 16.4. The van der Waals surface area contributed by atoms with E-state index in [0.717, 1.165) is 31.6 Å². The summed E-state index contributed by atoms with van der Waals surface area (Å²) >= 11 is 0. The minimum absolute atomic E-state index is 0.0480. The third kappa shape index (κ3) is 2.77. The van der Waals surface area contributed by atoms with Gasteiger partial charge < -0.3 is 21.1 Å². The summed E-state index contributed by atoms with van der Waals surface area (Å²) in [7, 11) is 0. The first-order chi connectivity index (χ1) is 8.16. The van der Waals surface area contributed by atoms with Crippen molar-refractivity contribution in [3.63, 3.8) is 0 Å². The normalized spacial score (nSPS) is 16.8. The third-order valence-corrected chi connectivity index (χ3v) is 2.99. The van der Waals surface area contributed by atoms with E-state index in [9.17, 15) is 4.79 Å². The summed E-state index contributed by atoms with van der Waals surface area (Å²) in [5.41, 5.74) is 7.50. The lowest BCUT2D eigenvalue weighted by Crippen LogP contribution is -2.44. The van der Waals surface area contributed by atoms with Crippen molar-refractivity contribution in [3.05, 3.63) is 18.5 Å². The first kappa shape index (κ1) is 11.5. The molecule has 92 valence electrons. The standard InChI is InChI=1S/C11H16N4O2/c12-9-7-13-4-1-10(9)15-5-2-8(3-6-15)14-11(16)17/h1,4,7-8,14H,2-3,5-6,12H2,(H,16,17). The zero-order valence-electron chi connectivity index (χ0n) is 9.47. The van der Waals surface area contributed by atoms with Crippen molar-refractivity contribution < 1.29 is 9.90 Å². The Morgan fingerprint density at radius 1 is 1.53 bits per heavy atom. The van der Waals surface area contributed by atoms with Gasteiger partial charge in [-0.3, -0.25) is 4.98 Å². The molecule has 1 aromatic heterocycles. The van der Waals surface area contributed by atoms with E-state index in [1.165, 1.54) is 0 Å². The SMILES string of the molecule is Nc1cnccc1N1CCC(NC(=O)O)CC1. The maximum absolute atomic E-state index is 10.5. The lowest BCUT2D eigenvalue weighted by molar-refractivity contribution is 0.187. The average molecular weight is 236 g/mol. The molecule has 1 saturated heterocycles. The largest absolute Gasteiger partial charge is 0.465 e. The highest BCUT2D eigenvalue weighted by Gasteiger charge is 2.21. The molecule has 6 nitrogen and oxygen atoms in total. The number of aromatic nitrogens is 1. The van der Waals surface area contributed by atoms with E-state index in [-0.39, 0.29) is 6.04 Å². The molecule has 1 aliphatic heterocycles. The van der Waals surface area contributed by atoms with E-state index < -0.39 is 6.09 Å². The van der Waals surface area contributed by atoms with Crippen LogP contribution in [0, 0.1) is 0 Å². The van der Waals surface area contributed by atoms with Crippen LogP contribution in [-0.4, -0.2) is 35.3 Å². The van der Waals surface area contributed by atoms with Crippen molar-refractivity contribution >= 4 is 17.5 Å². The van der Waals surface area contributed by atoms with Crippen molar-refractivity contribution in [1.82, 2.24) is 10.3 Å². The van der Waals surface area contributed by atoms with Gasteiger partial charge in [0.2, 0.25) is 0 Å². The lowest BCUT2D eigenvalue weighted by Gasteiger charge is -2.33. The number of carbonyl (C=O) groups is 1. The first-order valence-corrected chi connectivity index (χ1v) is 5.60. The van der Waals surface area contributed by atoms with Crippen LogP contribution < -0.4 is 16.0 Å². The van der Waals surface area contributed by atoms with Gasteiger partial charge in [-0.15, -0.1) is 0 Å². The van der Waals surface area contributed by atoms with Gasteiger partial charge in [-0.1, -0.05) is 0 Å². The molecule has 6 heteroatoms. The highest BCUT2D eigenvalue weighted by Crippen LogP contribution is 2.24. The van der Waals surface area contributed by atoms with Crippen LogP contribution in [0.1, 0.15) is 12.8 Å². The van der Waals surface area contributed by atoms with Crippen LogP contribution in [0.2, 0.25) is 0 Å². The number of hydrogen-bond donors (Lipinski definition) is 3. The molecule has 0 radical (unpaired) electrons. The first-order valence-electron chi connectivity index (χ1n) is 5.60. The molecule has 2 rings (SSSR count). The zero-order chi connectivity index (χ0) is 12.3. The number of nitrogens with two attached hydrogens (primary N) is 1. The Bertz CT molecular complexity index is 402. The predicted octanol–water partition coefficient (Wildman–Crippen LogP) is 0.900. The Morgan fingerprint density at radius 2 is 2.24 bits per heavy atom. The summed E-state index contributed by atoms with van der Waals surface area (Å²) in [5, 5.41) is 11.2. The highest BCUT2D eigenvalue weighted by molar-refractivity contribution is 5.67. The number of nitrogens with one attached hydrogen (secondary N) is 1. The van der Waals surface area contributed by atoms with Crippen LogP contribution in [0.4, 0.5) is 16.2 Å². The molecule has 2 heterocycles. The number of amides is 1. The van der Waals surface area contributed by atoms with Crippen LogP contribution in [0.25, 0.3) is 0 Å². The molecular formula is C11H16N4O2. The summed E-state index contributed by atoms with van der Waals surface area (Å²) < 4.78 is 0. The Balaban J connectivity index is 1.95. The van der Waals surface area contributed by atoms with E-state index in [2.05, 4.69) is 15.2 Å². The number of nitrogen functional groups attached to an aromatic ring is 1. The summed E-state index contributed by atoms with van der Waals surface area (Å²) in [6.07, 6.45) is 4.00. The van der Waals surface area contributed by atoms with Gasteiger partial charge >= 0.3 is 6.09 Å². The molecule has 1 aromatic rings. The molecule has 1 aliphatic rings. The summed E-state index contributed by atoms with van der Waals surface area (Å²) in [6, 6.07) is 1.94. The molecule has 1 amide bonds. The van der Waals surface area contributed by atoms with Crippen molar-refractivity contribution in [2.75, 3.05) is 23.7 Å². The van der Waals surface area contributed by atoms with E-state index in [1.54, 1.807) is 12.4 Å². The second-order valence-electron chi connectivity index (χ2n) is 4.15. The third-order valence-electron chi connectivity index (χ3n) is 2.99. The quantitative estimate of drug-likeness (QED) is 0.709. The second-order valence-corrected chi connectivity index (χ2v) is 4.15. The van der Waals surface area contributed by atoms with Crippen LogP contribution in [0.5, 0.6) is 0 Å². The molecule has 0 saturated carbocycles. The fraction of sp³-hybridized carbons (Fsp3) is 0.455. The van der Waals surface area contributed by atoms with Gasteiger partial charge in [0.05, 0.1) is 17.6 Å². The lowest BCUT2D eigenvalue weighted by atomic mass is 10.0. The minimum atomic E-state index is -0.952. The molecule has 0 unspecified atom stereocenters. The number of anilines is 2. The molecule has 0 spiro atoms. The number of nitrogens with zero attached hydrogens (tertiary/aromatic N) is 2. The van der Waals surface area contributed by atoms with Crippen LogP contribution in [-0.2, 0) is 0 Å². The zero-order valence-corrected chi connectivity index (χ0v) is 9.47. The predicted molar refractivity (Wildman–Crippen MR) is 65.0 cm³/mol. The van der Waals surface area contributed by atoms with E-state index in [4.69, 9.17) is 10.8 Å². The molecule has 0 atom stereocenters. The van der Waals surface area contributed by atoms with E-state index >= 15 is 0 Å². The van der Waals surface area contributed by atoms with Gasteiger partial charge in [0.1, 0.15) is 0 Å². The molecule has 1 fully saturated rings.